The summed E-state index contributed by atoms with van der Waals surface area (Å²) in [6.07, 6.45) is 3.34. The van der Waals surface area contributed by atoms with Crippen molar-refractivity contribution in [1.29, 1.82) is 0 Å². The SMILES string of the molecule is C=CCN(Cc1ccccc1)C(=O)c1ccc2c(c1)C(=O)N(CC1CCCO1)C2=O. The van der Waals surface area contributed by atoms with E-state index in [9.17, 15) is 14.4 Å². The van der Waals surface area contributed by atoms with Crippen LogP contribution in [0, 0.1) is 0 Å². The average Bonchev–Trinajstić information content (AvgIpc) is 3.36. The van der Waals surface area contributed by atoms with E-state index in [1.807, 2.05) is 30.3 Å². The first kappa shape index (κ1) is 20.0. The molecule has 4 rings (SSSR count). The van der Waals surface area contributed by atoms with Gasteiger partial charge in [0.1, 0.15) is 0 Å². The molecule has 0 aliphatic carbocycles. The number of fused-ring (bicyclic) bond motifs is 1. The topological polar surface area (TPSA) is 66.9 Å². The van der Waals surface area contributed by atoms with E-state index < -0.39 is 0 Å². The zero-order chi connectivity index (χ0) is 21.1. The number of hydrogen-bond donors (Lipinski definition) is 0. The summed E-state index contributed by atoms with van der Waals surface area (Å²) in [5.74, 6) is -0.894. The largest absolute Gasteiger partial charge is 0.376 e. The van der Waals surface area contributed by atoms with Crippen molar-refractivity contribution in [2.75, 3.05) is 19.7 Å². The van der Waals surface area contributed by atoms with Gasteiger partial charge in [0, 0.05) is 25.3 Å². The Bertz CT molecular complexity index is 980. The molecule has 2 aliphatic rings. The van der Waals surface area contributed by atoms with E-state index in [1.165, 1.54) is 11.0 Å². The molecule has 154 valence electrons. The highest BCUT2D eigenvalue weighted by atomic mass is 16.5. The summed E-state index contributed by atoms with van der Waals surface area (Å²) in [5, 5.41) is 0. The molecule has 0 bridgehead atoms. The smallest absolute Gasteiger partial charge is 0.261 e. The molecule has 2 heterocycles. The molecule has 2 aliphatic heterocycles. The number of benzene rings is 2. The minimum atomic E-state index is -0.363. The highest BCUT2D eigenvalue weighted by Gasteiger charge is 2.38. The standard InChI is InChI=1S/C24H24N2O4/c1-2-12-25(15-17-7-4-3-5-8-17)22(27)18-10-11-20-21(14-18)24(29)26(23(20)28)16-19-9-6-13-30-19/h2-5,7-8,10-11,14,19H,1,6,9,12-13,15-16H2. The lowest BCUT2D eigenvalue weighted by atomic mass is 10.0. The molecule has 0 N–H and O–H groups in total. The van der Waals surface area contributed by atoms with Crippen LogP contribution >= 0.6 is 0 Å². The van der Waals surface area contributed by atoms with Gasteiger partial charge >= 0.3 is 0 Å². The third-order valence-corrected chi connectivity index (χ3v) is 5.48. The van der Waals surface area contributed by atoms with E-state index in [4.69, 9.17) is 4.74 Å². The molecule has 1 fully saturated rings. The number of rotatable bonds is 7. The van der Waals surface area contributed by atoms with Crippen molar-refractivity contribution in [3.05, 3.63) is 83.4 Å². The molecule has 0 saturated carbocycles. The molecule has 1 saturated heterocycles. The molecule has 6 heteroatoms. The minimum absolute atomic E-state index is 0.109. The molecule has 6 nitrogen and oxygen atoms in total. The Labute approximate surface area is 175 Å². The lowest BCUT2D eigenvalue weighted by molar-refractivity contribution is 0.0475. The number of ether oxygens (including phenoxy) is 1. The average molecular weight is 404 g/mol. The summed E-state index contributed by atoms with van der Waals surface area (Å²) < 4.78 is 5.57. The van der Waals surface area contributed by atoms with E-state index >= 15 is 0 Å². The first-order valence-electron chi connectivity index (χ1n) is 10.1. The van der Waals surface area contributed by atoms with Crippen LogP contribution in [0.3, 0.4) is 0 Å². The van der Waals surface area contributed by atoms with Crippen molar-refractivity contribution in [3.63, 3.8) is 0 Å². The van der Waals surface area contributed by atoms with Gasteiger partial charge in [-0.05, 0) is 36.6 Å². The fourth-order valence-corrected chi connectivity index (χ4v) is 3.94. The molecule has 0 aromatic heterocycles. The van der Waals surface area contributed by atoms with Gasteiger partial charge in [-0.25, -0.2) is 0 Å². The minimum Gasteiger partial charge on any atom is -0.376 e. The maximum absolute atomic E-state index is 13.1. The van der Waals surface area contributed by atoms with E-state index in [0.717, 1.165) is 18.4 Å². The summed E-state index contributed by atoms with van der Waals surface area (Å²) in [7, 11) is 0. The Morgan fingerprint density at radius 2 is 1.90 bits per heavy atom. The second-order valence-electron chi connectivity index (χ2n) is 7.58. The summed E-state index contributed by atoms with van der Waals surface area (Å²) in [6, 6.07) is 14.4. The van der Waals surface area contributed by atoms with Crippen molar-refractivity contribution in [3.8, 4) is 0 Å². The van der Waals surface area contributed by atoms with Crippen LogP contribution in [-0.2, 0) is 11.3 Å². The molecule has 30 heavy (non-hydrogen) atoms. The lowest BCUT2D eigenvalue weighted by Gasteiger charge is -2.21. The van der Waals surface area contributed by atoms with Crippen LogP contribution in [0.4, 0.5) is 0 Å². The van der Waals surface area contributed by atoms with Crippen LogP contribution in [0.2, 0.25) is 0 Å². The van der Waals surface area contributed by atoms with E-state index in [1.54, 1.807) is 23.1 Å². The number of carbonyl (C=O) groups excluding carboxylic acids is 3. The van der Waals surface area contributed by atoms with Gasteiger partial charge in [0.15, 0.2) is 0 Å². The molecule has 3 amide bonds. The Morgan fingerprint density at radius 1 is 1.13 bits per heavy atom. The zero-order valence-electron chi connectivity index (χ0n) is 16.8. The lowest BCUT2D eigenvalue weighted by Crippen LogP contribution is -2.36. The normalized spacial score (nSPS) is 17.9. The Morgan fingerprint density at radius 3 is 2.60 bits per heavy atom. The Hall–Kier alpha value is -3.25. The molecule has 0 radical (unpaired) electrons. The van der Waals surface area contributed by atoms with Crippen LogP contribution in [0.1, 0.15) is 49.5 Å². The fraction of sp³-hybridized carbons (Fsp3) is 0.292. The van der Waals surface area contributed by atoms with Gasteiger partial charge in [-0.1, -0.05) is 36.4 Å². The number of imide groups is 1. The first-order chi connectivity index (χ1) is 14.6. The van der Waals surface area contributed by atoms with Gasteiger partial charge in [-0.2, -0.15) is 0 Å². The van der Waals surface area contributed by atoms with E-state index in [2.05, 4.69) is 6.58 Å². The summed E-state index contributed by atoms with van der Waals surface area (Å²) in [4.78, 5) is 41.6. The van der Waals surface area contributed by atoms with Crippen molar-refractivity contribution in [2.45, 2.75) is 25.5 Å². The highest BCUT2D eigenvalue weighted by Crippen LogP contribution is 2.26. The Balaban J connectivity index is 1.55. The van der Waals surface area contributed by atoms with Crippen molar-refractivity contribution in [2.24, 2.45) is 0 Å². The number of amides is 3. The molecule has 0 spiro atoms. The van der Waals surface area contributed by atoms with Crippen LogP contribution in [-0.4, -0.2) is 53.3 Å². The predicted octanol–water partition coefficient (Wildman–Crippen LogP) is 3.29. The van der Waals surface area contributed by atoms with Gasteiger partial charge in [0.2, 0.25) is 0 Å². The third-order valence-electron chi connectivity index (χ3n) is 5.48. The Kier molecular flexibility index (Phi) is 5.77. The second-order valence-corrected chi connectivity index (χ2v) is 7.58. The number of nitrogens with zero attached hydrogens (tertiary/aromatic N) is 2. The summed E-state index contributed by atoms with van der Waals surface area (Å²) in [6.45, 7) is 5.47. The summed E-state index contributed by atoms with van der Waals surface area (Å²) >= 11 is 0. The maximum Gasteiger partial charge on any atom is 0.261 e. The maximum atomic E-state index is 13.1. The fourth-order valence-electron chi connectivity index (χ4n) is 3.94. The molecule has 1 atom stereocenters. The molecule has 2 aromatic carbocycles. The third kappa shape index (κ3) is 3.91. The molecular weight excluding hydrogens is 380 g/mol. The van der Waals surface area contributed by atoms with Crippen molar-refractivity contribution < 1.29 is 19.1 Å². The van der Waals surface area contributed by atoms with Gasteiger partial charge in [-0.3, -0.25) is 19.3 Å². The van der Waals surface area contributed by atoms with Crippen LogP contribution in [0.15, 0.2) is 61.2 Å². The van der Waals surface area contributed by atoms with Crippen LogP contribution < -0.4 is 0 Å². The monoisotopic (exact) mass is 404 g/mol. The van der Waals surface area contributed by atoms with E-state index in [0.29, 0.717) is 30.8 Å². The molecule has 1 unspecified atom stereocenters. The first-order valence-corrected chi connectivity index (χ1v) is 10.1. The second kappa shape index (κ2) is 8.63. The van der Waals surface area contributed by atoms with Crippen molar-refractivity contribution in [1.82, 2.24) is 9.80 Å². The summed E-state index contributed by atoms with van der Waals surface area (Å²) in [5.41, 5.74) is 2.00. The van der Waals surface area contributed by atoms with Gasteiger partial charge in [-0.15, -0.1) is 6.58 Å². The highest BCUT2D eigenvalue weighted by molar-refractivity contribution is 6.22. The predicted molar refractivity (Wildman–Crippen MR) is 112 cm³/mol. The van der Waals surface area contributed by atoms with Gasteiger partial charge in [0.05, 0.1) is 23.8 Å². The zero-order valence-corrected chi connectivity index (χ0v) is 16.8. The van der Waals surface area contributed by atoms with E-state index in [-0.39, 0.29) is 35.9 Å². The number of hydrogen-bond acceptors (Lipinski definition) is 4. The van der Waals surface area contributed by atoms with Gasteiger partial charge in [0.25, 0.3) is 17.7 Å². The molecular formula is C24H24N2O4. The van der Waals surface area contributed by atoms with Gasteiger partial charge < -0.3 is 9.64 Å². The quantitative estimate of drug-likeness (QED) is 0.525. The van der Waals surface area contributed by atoms with Crippen molar-refractivity contribution >= 4 is 17.7 Å². The molecule has 2 aromatic rings. The van der Waals surface area contributed by atoms with Crippen LogP contribution in [0.25, 0.3) is 0 Å². The number of carbonyl (C=O) groups is 3. The van der Waals surface area contributed by atoms with Crippen LogP contribution in [0.5, 0.6) is 0 Å².